The van der Waals surface area contributed by atoms with Gasteiger partial charge in [0.2, 0.25) is 0 Å². The number of carbonyl (C=O) groups is 1. The second-order valence-corrected chi connectivity index (χ2v) is 4.42. The van der Waals surface area contributed by atoms with Crippen LogP contribution in [0.1, 0.15) is 17.3 Å². The molecule has 0 atom stereocenters. The molecule has 0 saturated heterocycles. The molecular formula is C11H8BrClO3. The summed E-state index contributed by atoms with van der Waals surface area (Å²) < 4.78 is 10.9. The molecule has 5 heteroatoms. The van der Waals surface area contributed by atoms with Gasteiger partial charge in [-0.1, -0.05) is 11.6 Å². The third-order valence-electron chi connectivity index (χ3n) is 2.09. The average molecular weight is 304 g/mol. The zero-order valence-electron chi connectivity index (χ0n) is 8.42. The smallest absolute Gasteiger partial charge is 0.342 e. The molecule has 0 spiro atoms. The van der Waals surface area contributed by atoms with E-state index in [1.807, 2.05) is 0 Å². The van der Waals surface area contributed by atoms with Crippen molar-refractivity contribution in [1.82, 2.24) is 0 Å². The zero-order valence-corrected chi connectivity index (χ0v) is 10.8. The maximum Gasteiger partial charge on any atom is 0.342 e. The van der Waals surface area contributed by atoms with Gasteiger partial charge in [0.05, 0.1) is 11.1 Å². The molecule has 0 radical (unpaired) electrons. The molecular weight excluding hydrogens is 295 g/mol. The summed E-state index contributed by atoms with van der Waals surface area (Å²) in [4.78, 5) is 11.6. The van der Waals surface area contributed by atoms with E-state index in [9.17, 15) is 4.79 Å². The monoisotopic (exact) mass is 302 g/mol. The Labute approximate surface area is 105 Å². The number of carbonyl (C=O) groups excluding carboxylic acids is 1. The Balaban J connectivity index is 2.60. The highest BCUT2D eigenvalue weighted by atomic mass is 79.9. The summed E-state index contributed by atoms with van der Waals surface area (Å²) in [5.74, 6) is -0.407. The second-order valence-electron chi connectivity index (χ2n) is 3.13. The van der Waals surface area contributed by atoms with Crippen molar-refractivity contribution in [3.8, 4) is 0 Å². The first-order valence-electron chi connectivity index (χ1n) is 4.67. The highest BCUT2D eigenvalue weighted by Gasteiger charge is 2.16. The van der Waals surface area contributed by atoms with Crippen molar-refractivity contribution < 1.29 is 13.9 Å². The fourth-order valence-corrected chi connectivity index (χ4v) is 2.33. The summed E-state index contributed by atoms with van der Waals surface area (Å²) in [5.41, 5.74) is 0.979. The van der Waals surface area contributed by atoms with Crippen molar-refractivity contribution >= 4 is 44.5 Å². The summed E-state index contributed by atoms with van der Waals surface area (Å²) in [7, 11) is 0. The topological polar surface area (TPSA) is 39.4 Å². The first kappa shape index (κ1) is 11.5. The molecule has 2 aromatic rings. The predicted octanol–water partition coefficient (Wildman–Crippen LogP) is 4.03. The van der Waals surface area contributed by atoms with Crippen LogP contribution in [-0.2, 0) is 4.74 Å². The molecule has 0 amide bonds. The van der Waals surface area contributed by atoms with E-state index in [1.54, 1.807) is 19.1 Å². The normalized spacial score (nSPS) is 10.7. The van der Waals surface area contributed by atoms with Crippen molar-refractivity contribution in [2.45, 2.75) is 6.92 Å². The maximum absolute atomic E-state index is 11.6. The van der Waals surface area contributed by atoms with E-state index in [-0.39, 0.29) is 0 Å². The first-order valence-corrected chi connectivity index (χ1v) is 5.84. The molecule has 1 heterocycles. The minimum absolute atomic E-state index is 0.327. The number of furan rings is 1. The van der Waals surface area contributed by atoms with E-state index < -0.39 is 5.97 Å². The van der Waals surface area contributed by atoms with Gasteiger partial charge in [0.25, 0.3) is 0 Å². The number of hydrogen-bond acceptors (Lipinski definition) is 3. The van der Waals surface area contributed by atoms with Crippen LogP contribution in [0.2, 0.25) is 5.02 Å². The lowest BCUT2D eigenvalue weighted by atomic mass is 10.2. The zero-order chi connectivity index (χ0) is 11.7. The van der Waals surface area contributed by atoms with Crippen molar-refractivity contribution in [3.05, 3.63) is 33.5 Å². The first-order chi connectivity index (χ1) is 7.63. The number of rotatable bonds is 2. The highest BCUT2D eigenvalue weighted by molar-refractivity contribution is 9.10. The molecule has 0 aliphatic rings. The Hall–Kier alpha value is -1.00. The number of fused-ring (bicyclic) bond motifs is 1. The largest absolute Gasteiger partial charge is 0.462 e. The Bertz CT molecular complexity index is 547. The van der Waals surface area contributed by atoms with Crippen LogP contribution in [-0.4, -0.2) is 12.6 Å². The van der Waals surface area contributed by atoms with Crippen LogP contribution in [0.5, 0.6) is 0 Å². The quantitative estimate of drug-likeness (QED) is 0.786. The summed E-state index contributed by atoms with van der Waals surface area (Å²) in [6.07, 6.45) is 1.38. The van der Waals surface area contributed by atoms with Crippen molar-refractivity contribution in [3.63, 3.8) is 0 Å². The van der Waals surface area contributed by atoms with Crippen molar-refractivity contribution in [2.24, 2.45) is 0 Å². The van der Waals surface area contributed by atoms with Crippen LogP contribution in [0, 0.1) is 0 Å². The van der Waals surface area contributed by atoms with Crippen LogP contribution in [0.4, 0.5) is 0 Å². The van der Waals surface area contributed by atoms with E-state index >= 15 is 0 Å². The van der Waals surface area contributed by atoms with Gasteiger partial charge in [-0.2, -0.15) is 0 Å². The average Bonchev–Trinajstić information content (AvgIpc) is 2.61. The van der Waals surface area contributed by atoms with Gasteiger partial charge in [-0.05, 0) is 35.0 Å². The molecule has 0 fully saturated rings. The SMILES string of the molecule is CCOC(=O)c1coc2c(Br)cc(Cl)cc12. The minimum Gasteiger partial charge on any atom is -0.462 e. The third-order valence-corrected chi connectivity index (χ3v) is 2.90. The number of halogens is 2. The third kappa shape index (κ3) is 1.95. The van der Waals surface area contributed by atoms with Gasteiger partial charge < -0.3 is 9.15 Å². The van der Waals surface area contributed by atoms with Crippen molar-refractivity contribution in [2.75, 3.05) is 6.61 Å². The lowest BCUT2D eigenvalue weighted by Crippen LogP contribution is -2.03. The molecule has 2 rings (SSSR count). The number of ether oxygens (including phenoxy) is 1. The fourth-order valence-electron chi connectivity index (χ4n) is 1.43. The van der Waals surface area contributed by atoms with Gasteiger partial charge in [0.1, 0.15) is 17.4 Å². The Morgan fingerprint density at radius 1 is 1.56 bits per heavy atom. The van der Waals surface area contributed by atoms with Gasteiger partial charge in [-0.15, -0.1) is 0 Å². The van der Waals surface area contributed by atoms with E-state index in [2.05, 4.69) is 15.9 Å². The Morgan fingerprint density at radius 2 is 2.31 bits per heavy atom. The Morgan fingerprint density at radius 3 is 3.00 bits per heavy atom. The van der Waals surface area contributed by atoms with E-state index in [0.29, 0.717) is 32.6 Å². The molecule has 0 aliphatic heterocycles. The fraction of sp³-hybridized carbons (Fsp3) is 0.182. The van der Waals surface area contributed by atoms with Crippen LogP contribution in [0.3, 0.4) is 0 Å². The molecule has 0 unspecified atom stereocenters. The molecule has 16 heavy (non-hydrogen) atoms. The molecule has 0 saturated carbocycles. The lowest BCUT2D eigenvalue weighted by molar-refractivity contribution is 0.0527. The maximum atomic E-state index is 11.6. The number of benzene rings is 1. The van der Waals surface area contributed by atoms with Gasteiger partial charge in [-0.25, -0.2) is 4.79 Å². The van der Waals surface area contributed by atoms with Gasteiger partial charge in [0.15, 0.2) is 0 Å². The standard InChI is InChI=1S/C11H8BrClO3/c1-2-15-11(14)8-5-16-10-7(8)3-6(13)4-9(10)12/h3-5H,2H2,1H3. The minimum atomic E-state index is -0.407. The molecule has 0 N–H and O–H groups in total. The predicted molar refractivity (Wildman–Crippen MR) is 64.9 cm³/mol. The molecule has 84 valence electrons. The van der Waals surface area contributed by atoms with Gasteiger partial charge in [-0.3, -0.25) is 0 Å². The van der Waals surface area contributed by atoms with Crippen LogP contribution < -0.4 is 0 Å². The lowest BCUT2D eigenvalue weighted by Gasteiger charge is -1.99. The van der Waals surface area contributed by atoms with E-state index in [0.717, 1.165) is 0 Å². The molecule has 0 aliphatic carbocycles. The second kappa shape index (κ2) is 4.47. The molecule has 3 nitrogen and oxygen atoms in total. The molecule has 1 aromatic heterocycles. The van der Waals surface area contributed by atoms with Crippen LogP contribution in [0.25, 0.3) is 11.0 Å². The van der Waals surface area contributed by atoms with E-state index in [4.69, 9.17) is 20.8 Å². The molecule has 1 aromatic carbocycles. The summed E-state index contributed by atoms with van der Waals surface area (Å²) in [6.45, 7) is 2.08. The van der Waals surface area contributed by atoms with E-state index in [1.165, 1.54) is 6.26 Å². The molecule has 0 bridgehead atoms. The van der Waals surface area contributed by atoms with Crippen LogP contribution >= 0.6 is 27.5 Å². The number of esters is 1. The highest BCUT2D eigenvalue weighted by Crippen LogP contribution is 2.32. The number of hydrogen-bond donors (Lipinski definition) is 0. The van der Waals surface area contributed by atoms with Gasteiger partial charge >= 0.3 is 5.97 Å². The van der Waals surface area contributed by atoms with Crippen molar-refractivity contribution in [1.29, 1.82) is 0 Å². The summed E-state index contributed by atoms with van der Waals surface area (Å²) >= 11 is 9.23. The Kier molecular flexibility index (Phi) is 3.21. The van der Waals surface area contributed by atoms with Crippen LogP contribution in [0.15, 0.2) is 27.3 Å². The summed E-state index contributed by atoms with van der Waals surface area (Å²) in [5, 5.41) is 1.18. The summed E-state index contributed by atoms with van der Waals surface area (Å²) in [6, 6.07) is 3.39. The van der Waals surface area contributed by atoms with Gasteiger partial charge in [0, 0.05) is 10.4 Å².